The lowest BCUT2D eigenvalue weighted by atomic mass is 10.3. The number of hydrogen-bond donors (Lipinski definition) is 2. The van der Waals surface area contributed by atoms with E-state index in [2.05, 4.69) is 4.42 Å². The van der Waals surface area contributed by atoms with Crippen LogP contribution in [0, 0.1) is 0 Å². The molecule has 1 heterocycles. The first kappa shape index (κ1) is 10.2. The van der Waals surface area contributed by atoms with Crippen LogP contribution in [0.2, 0.25) is 0 Å². The van der Waals surface area contributed by atoms with Crippen molar-refractivity contribution in [3.63, 3.8) is 0 Å². The normalized spacial score (nSPS) is 9.09. The molecule has 0 unspecified atom stereocenters. The minimum absolute atomic E-state index is 0.486. The van der Waals surface area contributed by atoms with Gasteiger partial charge in [-0.25, -0.2) is 0 Å². The zero-order valence-electron chi connectivity index (χ0n) is 6.60. The lowest BCUT2D eigenvalue weighted by Crippen LogP contribution is -2.01. The molecule has 0 fully saturated rings. The number of aliphatic hydroxyl groups excluding tert-OH is 1. The Kier molecular flexibility index (Phi) is 6.78. The maximum atomic E-state index is 8.11. The van der Waals surface area contributed by atoms with Crippen molar-refractivity contribution in [1.29, 1.82) is 0 Å². The molecule has 0 radical (unpaired) electrons. The summed E-state index contributed by atoms with van der Waals surface area (Å²) in [5, 5.41) is 16.2. The topological polar surface area (TPSA) is 53.6 Å². The van der Waals surface area contributed by atoms with E-state index in [1.165, 1.54) is 0 Å². The Morgan fingerprint density at radius 1 is 1.27 bits per heavy atom. The van der Waals surface area contributed by atoms with Crippen LogP contribution < -0.4 is 0 Å². The van der Waals surface area contributed by atoms with E-state index in [1.54, 1.807) is 12.5 Å². The summed E-state index contributed by atoms with van der Waals surface area (Å²) < 4.78 is 4.58. The average molecular weight is 158 g/mol. The fourth-order valence-electron chi connectivity index (χ4n) is 0.485. The largest absolute Gasteiger partial charge is 0.473 e. The summed E-state index contributed by atoms with van der Waals surface area (Å²) in [6.07, 6.45) is 3.47. The first-order chi connectivity index (χ1) is 5.27. The van der Waals surface area contributed by atoms with Crippen molar-refractivity contribution in [2.75, 3.05) is 0 Å². The molecule has 64 valence electrons. The molecule has 0 amide bonds. The van der Waals surface area contributed by atoms with Gasteiger partial charge in [0.2, 0.25) is 0 Å². The smallest absolute Gasteiger partial charge is 0.151 e. The van der Waals surface area contributed by atoms with Crippen molar-refractivity contribution in [3.8, 4) is 0 Å². The minimum Gasteiger partial charge on any atom is -0.473 e. The predicted octanol–water partition coefficient (Wildman–Crippen LogP) is 1.38. The van der Waals surface area contributed by atoms with Crippen LogP contribution >= 0.6 is 0 Å². The van der Waals surface area contributed by atoms with Crippen LogP contribution in [0.4, 0.5) is 0 Å². The molecule has 0 aromatic carbocycles. The summed E-state index contributed by atoms with van der Waals surface area (Å²) in [5.41, 5.74) is 0. The van der Waals surface area contributed by atoms with Gasteiger partial charge in [0.25, 0.3) is 0 Å². The summed E-state index contributed by atoms with van der Waals surface area (Å²) in [5.74, 6) is 0. The molecule has 3 heteroatoms. The fraction of sp³-hybridized carbons (Fsp3) is 0.500. The summed E-state index contributed by atoms with van der Waals surface area (Å²) >= 11 is 0. The third-order valence-electron chi connectivity index (χ3n) is 0.972. The van der Waals surface area contributed by atoms with Gasteiger partial charge in [-0.1, -0.05) is 13.3 Å². The molecule has 0 aliphatic carbocycles. The van der Waals surface area contributed by atoms with Gasteiger partial charge in [-0.05, 0) is 18.6 Å². The Morgan fingerprint density at radius 3 is 1.91 bits per heavy atom. The highest BCUT2D eigenvalue weighted by Crippen LogP contribution is 1.88. The maximum Gasteiger partial charge on any atom is 0.151 e. The van der Waals surface area contributed by atoms with Crippen LogP contribution in [-0.2, 0) is 0 Å². The van der Waals surface area contributed by atoms with E-state index in [4.69, 9.17) is 10.2 Å². The number of rotatable bonds is 2. The molecule has 0 aliphatic rings. The highest BCUT2D eigenvalue weighted by atomic mass is 16.5. The van der Waals surface area contributed by atoms with Crippen LogP contribution in [0.1, 0.15) is 19.8 Å². The van der Waals surface area contributed by atoms with Gasteiger partial charge in [-0.15, -0.1) is 0 Å². The van der Waals surface area contributed by atoms with E-state index in [9.17, 15) is 0 Å². The number of hydrogen-bond acceptors (Lipinski definition) is 3. The van der Waals surface area contributed by atoms with E-state index >= 15 is 0 Å². The highest BCUT2D eigenvalue weighted by molar-refractivity contribution is 4.79. The van der Waals surface area contributed by atoms with Gasteiger partial charge in [-0.2, -0.15) is 0 Å². The van der Waals surface area contributed by atoms with Gasteiger partial charge >= 0.3 is 0 Å². The molecule has 3 nitrogen and oxygen atoms in total. The van der Waals surface area contributed by atoms with Crippen molar-refractivity contribution in [2.45, 2.75) is 26.1 Å². The molecule has 0 aliphatic heterocycles. The second-order valence-electron chi connectivity index (χ2n) is 2.06. The van der Waals surface area contributed by atoms with Crippen LogP contribution in [0.3, 0.4) is 0 Å². The predicted molar refractivity (Wildman–Crippen MR) is 41.8 cm³/mol. The molecule has 11 heavy (non-hydrogen) atoms. The second kappa shape index (κ2) is 7.31. The first-order valence-electron chi connectivity index (χ1n) is 3.60. The van der Waals surface area contributed by atoms with Crippen molar-refractivity contribution in [3.05, 3.63) is 24.7 Å². The van der Waals surface area contributed by atoms with E-state index in [0.717, 1.165) is 6.42 Å². The van der Waals surface area contributed by atoms with Gasteiger partial charge < -0.3 is 14.6 Å². The van der Waals surface area contributed by atoms with E-state index in [-0.39, 0.29) is 0 Å². The van der Waals surface area contributed by atoms with Crippen LogP contribution in [0.15, 0.2) is 29.1 Å². The Labute approximate surface area is 66.3 Å². The van der Waals surface area contributed by atoms with Crippen molar-refractivity contribution >= 4 is 0 Å². The Balaban J connectivity index is 0.000000183. The lowest BCUT2D eigenvalue weighted by Gasteiger charge is -1.94. The van der Waals surface area contributed by atoms with Gasteiger partial charge in [0.15, 0.2) is 6.29 Å². The fourth-order valence-corrected chi connectivity index (χ4v) is 0.485. The van der Waals surface area contributed by atoms with E-state index in [0.29, 0.717) is 6.42 Å². The third-order valence-corrected chi connectivity index (χ3v) is 0.972. The molecule has 0 bridgehead atoms. The quantitative estimate of drug-likeness (QED) is 0.639. The van der Waals surface area contributed by atoms with E-state index in [1.807, 2.05) is 19.1 Å². The van der Waals surface area contributed by atoms with Crippen LogP contribution in [0.25, 0.3) is 0 Å². The first-order valence-corrected chi connectivity index (χ1v) is 3.60. The van der Waals surface area contributed by atoms with Gasteiger partial charge in [0.05, 0.1) is 12.5 Å². The molecule has 0 saturated carbocycles. The molecule has 1 aromatic rings. The molecule has 0 atom stereocenters. The molecule has 1 aromatic heterocycles. The van der Waals surface area contributed by atoms with Gasteiger partial charge in [-0.3, -0.25) is 0 Å². The summed E-state index contributed by atoms with van der Waals surface area (Å²) in [6.45, 7) is 1.90. The van der Waals surface area contributed by atoms with Crippen LogP contribution in [-0.4, -0.2) is 16.5 Å². The monoisotopic (exact) mass is 158 g/mol. The lowest BCUT2D eigenvalue weighted by molar-refractivity contribution is -0.0453. The Morgan fingerprint density at radius 2 is 1.82 bits per heavy atom. The minimum atomic E-state index is -1.10. The van der Waals surface area contributed by atoms with Crippen LogP contribution in [0.5, 0.6) is 0 Å². The zero-order chi connectivity index (χ0) is 8.53. The standard InChI is InChI=1S/C4H10O2.C4H4O/c1-2-3-4(5)6;1-2-4-5-3-1/h4-6H,2-3H2,1H3;1-4H. The number of aliphatic hydroxyl groups is 2. The third kappa shape index (κ3) is 9.20. The Bertz CT molecular complexity index is 118. The molecular weight excluding hydrogens is 144 g/mol. The summed E-state index contributed by atoms with van der Waals surface area (Å²) in [6, 6.07) is 3.67. The molecule has 0 spiro atoms. The van der Waals surface area contributed by atoms with E-state index < -0.39 is 6.29 Å². The molecule has 1 rings (SSSR count). The zero-order valence-corrected chi connectivity index (χ0v) is 6.60. The maximum absolute atomic E-state index is 8.11. The highest BCUT2D eigenvalue weighted by Gasteiger charge is 1.89. The molecule has 0 saturated heterocycles. The van der Waals surface area contributed by atoms with Crippen molar-refractivity contribution < 1.29 is 14.6 Å². The molecular formula is C8H14O3. The number of furan rings is 1. The second-order valence-corrected chi connectivity index (χ2v) is 2.06. The van der Waals surface area contributed by atoms with Gasteiger partial charge in [0, 0.05) is 0 Å². The van der Waals surface area contributed by atoms with Crippen molar-refractivity contribution in [2.24, 2.45) is 0 Å². The molecule has 2 N–H and O–H groups in total. The van der Waals surface area contributed by atoms with Gasteiger partial charge in [0.1, 0.15) is 0 Å². The SMILES string of the molecule is CCCC(O)O.c1ccoc1. The van der Waals surface area contributed by atoms with Crippen molar-refractivity contribution in [1.82, 2.24) is 0 Å². The average Bonchev–Trinajstić information content (AvgIpc) is 2.41. The summed E-state index contributed by atoms with van der Waals surface area (Å²) in [4.78, 5) is 0. The Hall–Kier alpha value is -0.800. The summed E-state index contributed by atoms with van der Waals surface area (Å²) in [7, 11) is 0.